The number of hydroxylamine groups is 2. The van der Waals surface area contributed by atoms with E-state index >= 15 is 0 Å². The average molecular weight is 273 g/mol. The van der Waals surface area contributed by atoms with Crippen LogP contribution in [0.4, 0.5) is 0 Å². The third-order valence-corrected chi connectivity index (χ3v) is 2.06. The summed E-state index contributed by atoms with van der Waals surface area (Å²) in [6, 6.07) is -0.911. The number of nitrogens with zero attached hydrogens (tertiary/aromatic N) is 1. The van der Waals surface area contributed by atoms with Gasteiger partial charge in [0.15, 0.2) is 6.04 Å². The normalized spacial score (nSPS) is 12.5. The minimum absolute atomic E-state index is 0.363. The first-order valence-corrected chi connectivity index (χ1v) is 6.29. The predicted molar refractivity (Wildman–Crippen MR) is 68.8 cm³/mol. The molecule has 0 radical (unpaired) electrons. The molecule has 0 rings (SSSR count). The maximum Gasteiger partial charge on any atom is 0.333 e. The van der Waals surface area contributed by atoms with E-state index in [-0.39, 0.29) is 0 Å². The lowest BCUT2D eigenvalue weighted by molar-refractivity contribution is -0.212. The first kappa shape index (κ1) is 17.4. The van der Waals surface area contributed by atoms with Crippen LogP contribution in [0.5, 0.6) is 0 Å². The number of ether oxygens (including phenoxy) is 1. The van der Waals surface area contributed by atoms with Gasteiger partial charge in [-0.1, -0.05) is 13.3 Å². The molecule has 0 N–H and O–H groups in total. The zero-order chi connectivity index (χ0) is 15.2. The molecule has 0 heterocycles. The summed E-state index contributed by atoms with van der Waals surface area (Å²) in [7, 11) is 0. The molecule has 1 atom stereocenters. The van der Waals surface area contributed by atoms with Crippen LogP contribution in [0.25, 0.3) is 0 Å². The van der Waals surface area contributed by atoms with Crippen LogP contribution >= 0.6 is 0 Å². The number of esters is 1. The minimum atomic E-state index is -0.911. The molecule has 0 aliphatic carbocycles. The highest BCUT2D eigenvalue weighted by Gasteiger charge is 2.33. The third kappa shape index (κ3) is 6.79. The van der Waals surface area contributed by atoms with E-state index in [0.717, 1.165) is 5.06 Å². The van der Waals surface area contributed by atoms with Gasteiger partial charge in [0.05, 0.1) is 0 Å². The molecule has 110 valence electrons. The number of carbonyl (C=O) groups excluding carboxylic acids is 3. The maximum absolute atomic E-state index is 12.1. The Kier molecular flexibility index (Phi) is 6.52. The molecule has 0 saturated heterocycles. The van der Waals surface area contributed by atoms with E-state index in [1.54, 1.807) is 20.8 Å². The molecular weight excluding hydrogens is 250 g/mol. The van der Waals surface area contributed by atoms with Gasteiger partial charge >= 0.3 is 11.9 Å². The zero-order valence-electron chi connectivity index (χ0n) is 12.5. The molecule has 1 amide bonds. The van der Waals surface area contributed by atoms with Gasteiger partial charge in [-0.15, -0.1) is 0 Å². The number of rotatable bonds is 4. The molecule has 0 fully saturated rings. The van der Waals surface area contributed by atoms with Crippen molar-refractivity contribution in [3.63, 3.8) is 0 Å². The minimum Gasteiger partial charge on any atom is -0.458 e. The molecule has 0 aliphatic heterocycles. The monoisotopic (exact) mass is 273 g/mol. The van der Waals surface area contributed by atoms with E-state index in [2.05, 4.69) is 0 Å². The van der Waals surface area contributed by atoms with Crippen molar-refractivity contribution in [2.75, 3.05) is 0 Å². The molecule has 1 unspecified atom stereocenters. The molecule has 0 aromatic rings. The molecule has 0 saturated carbocycles. The Labute approximate surface area is 114 Å². The van der Waals surface area contributed by atoms with Crippen molar-refractivity contribution in [3.05, 3.63) is 0 Å². The summed E-state index contributed by atoms with van der Waals surface area (Å²) < 4.78 is 5.24. The van der Waals surface area contributed by atoms with E-state index in [4.69, 9.17) is 9.57 Å². The highest BCUT2D eigenvalue weighted by Crippen LogP contribution is 2.16. The van der Waals surface area contributed by atoms with Crippen molar-refractivity contribution in [1.82, 2.24) is 5.06 Å². The van der Waals surface area contributed by atoms with Gasteiger partial charge in [0.2, 0.25) is 0 Å². The fraction of sp³-hybridized carbons (Fsp3) is 0.769. The van der Waals surface area contributed by atoms with Gasteiger partial charge in [0, 0.05) is 13.8 Å². The van der Waals surface area contributed by atoms with Crippen molar-refractivity contribution in [2.45, 2.75) is 66.0 Å². The van der Waals surface area contributed by atoms with E-state index in [0.29, 0.717) is 12.8 Å². The molecule has 19 heavy (non-hydrogen) atoms. The van der Waals surface area contributed by atoms with Crippen LogP contribution in [0.15, 0.2) is 0 Å². The number of hydrogen-bond donors (Lipinski definition) is 0. The topological polar surface area (TPSA) is 72.9 Å². The predicted octanol–water partition coefficient (Wildman–Crippen LogP) is 1.82. The Morgan fingerprint density at radius 3 is 2.00 bits per heavy atom. The molecule has 0 bridgehead atoms. The van der Waals surface area contributed by atoms with E-state index < -0.39 is 29.5 Å². The highest BCUT2D eigenvalue weighted by molar-refractivity contribution is 5.83. The maximum atomic E-state index is 12.1. The van der Waals surface area contributed by atoms with Gasteiger partial charge in [-0.2, -0.15) is 5.06 Å². The molecule has 0 aromatic heterocycles. The first-order valence-electron chi connectivity index (χ1n) is 6.29. The van der Waals surface area contributed by atoms with Gasteiger partial charge in [-0.05, 0) is 27.2 Å². The van der Waals surface area contributed by atoms with Gasteiger partial charge in [0.25, 0.3) is 5.91 Å². The molecule has 6 heteroatoms. The van der Waals surface area contributed by atoms with Crippen LogP contribution in [-0.4, -0.2) is 34.6 Å². The van der Waals surface area contributed by atoms with E-state index in [1.807, 2.05) is 6.92 Å². The molecule has 0 aromatic carbocycles. The summed E-state index contributed by atoms with van der Waals surface area (Å²) >= 11 is 0. The summed E-state index contributed by atoms with van der Waals surface area (Å²) in [5, 5.41) is 0.792. The fourth-order valence-electron chi connectivity index (χ4n) is 1.46. The van der Waals surface area contributed by atoms with Crippen molar-refractivity contribution in [3.8, 4) is 0 Å². The lowest BCUT2D eigenvalue weighted by Gasteiger charge is -2.29. The van der Waals surface area contributed by atoms with Gasteiger partial charge < -0.3 is 9.57 Å². The number of carbonyl (C=O) groups is 3. The molecule has 0 aliphatic rings. The van der Waals surface area contributed by atoms with Crippen LogP contribution < -0.4 is 0 Å². The average Bonchev–Trinajstić information content (AvgIpc) is 2.19. The number of amides is 1. The second-order valence-electron chi connectivity index (χ2n) is 5.27. The summed E-state index contributed by atoms with van der Waals surface area (Å²) in [6.07, 6.45) is 1.01. The Hall–Kier alpha value is -1.59. The van der Waals surface area contributed by atoms with Crippen LogP contribution in [-0.2, 0) is 24.0 Å². The zero-order valence-corrected chi connectivity index (χ0v) is 12.5. The summed E-state index contributed by atoms with van der Waals surface area (Å²) in [4.78, 5) is 39.4. The lowest BCUT2D eigenvalue weighted by atomic mass is 10.1. The van der Waals surface area contributed by atoms with Crippen LogP contribution in [0.1, 0.15) is 54.4 Å². The SMILES string of the molecule is CCCC(C(=O)OC(C)(C)C)N(OC(C)=O)C(C)=O. The van der Waals surface area contributed by atoms with Crippen molar-refractivity contribution in [2.24, 2.45) is 0 Å². The van der Waals surface area contributed by atoms with Crippen LogP contribution in [0.3, 0.4) is 0 Å². The Balaban J connectivity index is 5.07. The second-order valence-corrected chi connectivity index (χ2v) is 5.27. The summed E-state index contributed by atoms with van der Waals surface area (Å²) in [5.74, 6) is -1.75. The van der Waals surface area contributed by atoms with Crippen LogP contribution in [0, 0.1) is 0 Å². The van der Waals surface area contributed by atoms with Crippen molar-refractivity contribution < 1.29 is 24.0 Å². The largest absolute Gasteiger partial charge is 0.458 e. The quantitative estimate of drug-likeness (QED) is 0.577. The smallest absolute Gasteiger partial charge is 0.333 e. The Morgan fingerprint density at radius 2 is 1.68 bits per heavy atom. The van der Waals surface area contributed by atoms with Gasteiger partial charge in [-0.25, -0.2) is 4.79 Å². The standard InChI is InChI=1S/C13H23NO5/c1-7-8-11(12(17)18-13(4,5)6)14(9(2)15)19-10(3)16/h11H,7-8H2,1-6H3. The summed E-state index contributed by atoms with van der Waals surface area (Å²) in [5.41, 5.74) is -0.665. The van der Waals surface area contributed by atoms with E-state index in [1.165, 1.54) is 13.8 Å². The van der Waals surface area contributed by atoms with Crippen molar-refractivity contribution in [1.29, 1.82) is 0 Å². The lowest BCUT2D eigenvalue weighted by Crippen LogP contribution is -2.47. The Bertz CT molecular complexity index is 345. The van der Waals surface area contributed by atoms with Gasteiger partial charge in [0.1, 0.15) is 5.60 Å². The fourth-order valence-corrected chi connectivity index (χ4v) is 1.46. The first-order chi connectivity index (χ1) is 8.58. The van der Waals surface area contributed by atoms with E-state index in [9.17, 15) is 14.4 Å². The van der Waals surface area contributed by atoms with Gasteiger partial charge in [-0.3, -0.25) is 9.59 Å². The summed E-state index contributed by atoms with van der Waals surface area (Å²) in [6.45, 7) is 9.47. The molecular formula is C13H23NO5. The molecule has 0 spiro atoms. The Morgan fingerprint density at radius 1 is 1.16 bits per heavy atom. The van der Waals surface area contributed by atoms with Crippen LogP contribution in [0.2, 0.25) is 0 Å². The van der Waals surface area contributed by atoms with Crippen molar-refractivity contribution >= 4 is 17.8 Å². The molecule has 6 nitrogen and oxygen atoms in total. The number of hydrogen-bond acceptors (Lipinski definition) is 5. The highest BCUT2D eigenvalue weighted by atomic mass is 16.7. The second kappa shape index (κ2) is 7.11. The third-order valence-electron chi connectivity index (χ3n) is 2.06.